The third-order valence-electron chi connectivity index (χ3n) is 2.07. The van der Waals surface area contributed by atoms with E-state index in [1.165, 1.54) is 0 Å². The second-order valence-electron chi connectivity index (χ2n) is 3.46. The molecule has 0 spiro atoms. The third-order valence-corrected chi connectivity index (χ3v) is 2.07. The van der Waals surface area contributed by atoms with Gasteiger partial charge in [0.15, 0.2) is 0 Å². The highest BCUT2D eigenvalue weighted by Crippen LogP contribution is 2.31. The van der Waals surface area contributed by atoms with Crippen molar-refractivity contribution in [2.24, 2.45) is 5.73 Å². The van der Waals surface area contributed by atoms with E-state index in [0.717, 1.165) is 12.1 Å². The number of alkyl halides is 3. The monoisotopic (exact) mass is 273 g/mol. The van der Waals surface area contributed by atoms with Crippen molar-refractivity contribution in [2.45, 2.75) is 18.6 Å². The number of aliphatic hydroxyl groups excluding tert-OH is 1. The molecule has 0 aliphatic rings. The molecule has 1 unspecified atom stereocenters. The van der Waals surface area contributed by atoms with Crippen LogP contribution < -0.4 is 5.73 Å². The summed E-state index contributed by atoms with van der Waals surface area (Å²) in [5.74, 6) is -1.32. The third kappa shape index (κ3) is 4.49. The minimum absolute atomic E-state index is 0. The van der Waals surface area contributed by atoms with Crippen molar-refractivity contribution in [3.8, 4) is 0 Å². The lowest BCUT2D eigenvalue weighted by Gasteiger charge is -2.11. The molecule has 7 heteroatoms. The van der Waals surface area contributed by atoms with Crippen LogP contribution in [0.5, 0.6) is 0 Å². The van der Waals surface area contributed by atoms with Crippen LogP contribution >= 0.6 is 12.4 Å². The molecule has 2 nitrogen and oxygen atoms in total. The predicted molar refractivity (Wildman–Crippen MR) is 57.4 cm³/mol. The van der Waals surface area contributed by atoms with E-state index in [4.69, 9.17) is 10.8 Å². The Morgan fingerprint density at radius 3 is 2.29 bits per heavy atom. The molecule has 0 fully saturated rings. The molecule has 0 aliphatic heterocycles. The summed E-state index contributed by atoms with van der Waals surface area (Å²) >= 11 is 0. The zero-order chi connectivity index (χ0) is 12.3. The number of halogens is 5. The zero-order valence-corrected chi connectivity index (χ0v) is 9.48. The average molecular weight is 274 g/mol. The van der Waals surface area contributed by atoms with Crippen LogP contribution in [0.3, 0.4) is 0 Å². The predicted octanol–water partition coefficient (Wildman–Crippen LogP) is 2.13. The largest absolute Gasteiger partial charge is 0.419 e. The lowest BCUT2D eigenvalue weighted by Crippen LogP contribution is -2.26. The molecule has 0 amide bonds. The quantitative estimate of drug-likeness (QED) is 0.829. The van der Waals surface area contributed by atoms with Crippen LogP contribution in [0.15, 0.2) is 18.2 Å². The van der Waals surface area contributed by atoms with Crippen molar-refractivity contribution in [1.29, 1.82) is 0 Å². The number of rotatable bonds is 3. The van der Waals surface area contributed by atoms with Gasteiger partial charge in [0.05, 0.1) is 12.2 Å². The fraction of sp³-hybridized carbons (Fsp3) is 0.400. The molecular formula is C10H12ClF4NO. The Bertz CT molecular complexity index is 370. The molecule has 0 aliphatic carbocycles. The van der Waals surface area contributed by atoms with Gasteiger partial charge in [0.2, 0.25) is 0 Å². The molecule has 0 radical (unpaired) electrons. The molecule has 98 valence electrons. The Balaban J connectivity index is 0.00000256. The van der Waals surface area contributed by atoms with Crippen molar-refractivity contribution in [3.63, 3.8) is 0 Å². The highest BCUT2D eigenvalue weighted by Gasteiger charge is 2.33. The summed E-state index contributed by atoms with van der Waals surface area (Å²) in [7, 11) is 0. The molecule has 1 aromatic rings. The first-order chi connectivity index (χ1) is 7.34. The summed E-state index contributed by atoms with van der Waals surface area (Å²) in [4.78, 5) is 0. The maximum absolute atomic E-state index is 13.1. The van der Waals surface area contributed by atoms with E-state index < -0.39 is 23.6 Å². The summed E-state index contributed by atoms with van der Waals surface area (Å²) in [6, 6.07) is 2.02. The lowest BCUT2D eigenvalue weighted by atomic mass is 10.0. The van der Waals surface area contributed by atoms with E-state index in [9.17, 15) is 17.6 Å². The van der Waals surface area contributed by atoms with Crippen molar-refractivity contribution >= 4 is 12.4 Å². The number of hydrogen-bond acceptors (Lipinski definition) is 2. The summed E-state index contributed by atoms with van der Waals surface area (Å²) in [6.07, 6.45) is -4.56. The van der Waals surface area contributed by atoms with Gasteiger partial charge in [-0.2, -0.15) is 13.2 Å². The van der Waals surface area contributed by atoms with Crippen LogP contribution in [0.1, 0.15) is 11.1 Å². The SMILES string of the molecule is Cl.NC(CO)Cc1ccc(C(F)(F)F)c(F)c1. The number of nitrogens with two attached hydrogens (primary N) is 1. The highest BCUT2D eigenvalue weighted by atomic mass is 35.5. The Morgan fingerprint density at radius 2 is 1.88 bits per heavy atom. The summed E-state index contributed by atoms with van der Waals surface area (Å²) in [6.45, 7) is -0.303. The molecule has 1 rings (SSSR count). The Labute approximate surface area is 102 Å². The van der Waals surface area contributed by atoms with Gasteiger partial charge in [-0.3, -0.25) is 0 Å². The van der Waals surface area contributed by atoms with Crippen LogP contribution in [0.4, 0.5) is 17.6 Å². The lowest BCUT2D eigenvalue weighted by molar-refractivity contribution is -0.140. The van der Waals surface area contributed by atoms with Crippen LogP contribution in [0.25, 0.3) is 0 Å². The molecule has 1 atom stereocenters. The molecule has 0 bridgehead atoms. The van der Waals surface area contributed by atoms with Gasteiger partial charge in [0, 0.05) is 6.04 Å². The first-order valence-corrected chi connectivity index (χ1v) is 4.56. The number of aliphatic hydroxyl groups is 1. The first kappa shape index (κ1) is 16.1. The van der Waals surface area contributed by atoms with Crippen LogP contribution in [0.2, 0.25) is 0 Å². The van der Waals surface area contributed by atoms with Gasteiger partial charge in [0.1, 0.15) is 5.82 Å². The fourth-order valence-electron chi connectivity index (χ4n) is 1.28. The number of benzene rings is 1. The van der Waals surface area contributed by atoms with Gasteiger partial charge in [-0.1, -0.05) is 6.07 Å². The molecule has 3 N–H and O–H groups in total. The Kier molecular flexibility index (Phi) is 5.87. The van der Waals surface area contributed by atoms with Gasteiger partial charge < -0.3 is 10.8 Å². The highest BCUT2D eigenvalue weighted by molar-refractivity contribution is 5.85. The molecule has 0 heterocycles. The Morgan fingerprint density at radius 1 is 1.29 bits per heavy atom. The van der Waals surface area contributed by atoms with Crippen molar-refractivity contribution in [2.75, 3.05) is 6.61 Å². The topological polar surface area (TPSA) is 46.2 Å². The van der Waals surface area contributed by atoms with Crippen molar-refractivity contribution in [3.05, 3.63) is 35.1 Å². The summed E-state index contributed by atoms with van der Waals surface area (Å²) < 4.78 is 49.7. The smallest absolute Gasteiger partial charge is 0.395 e. The maximum Gasteiger partial charge on any atom is 0.419 e. The molecule has 0 saturated heterocycles. The van der Waals surface area contributed by atoms with E-state index in [1.807, 2.05) is 0 Å². The second kappa shape index (κ2) is 6.18. The van der Waals surface area contributed by atoms with Crippen molar-refractivity contribution in [1.82, 2.24) is 0 Å². The van der Waals surface area contributed by atoms with Gasteiger partial charge in [0.25, 0.3) is 0 Å². The first-order valence-electron chi connectivity index (χ1n) is 4.56. The zero-order valence-electron chi connectivity index (χ0n) is 8.67. The summed E-state index contributed by atoms with van der Waals surface area (Å²) in [5.41, 5.74) is 4.41. The molecule has 1 aromatic carbocycles. The van der Waals surface area contributed by atoms with E-state index >= 15 is 0 Å². The van der Waals surface area contributed by atoms with Crippen LogP contribution in [-0.4, -0.2) is 17.8 Å². The average Bonchev–Trinajstić information content (AvgIpc) is 2.15. The molecular weight excluding hydrogens is 262 g/mol. The van der Waals surface area contributed by atoms with Gasteiger partial charge in [-0.05, 0) is 24.1 Å². The van der Waals surface area contributed by atoms with Gasteiger partial charge in [-0.25, -0.2) is 4.39 Å². The summed E-state index contributed by atoms with van der Waals surface area (Å²) in [5, 5.41) is 8.65. The number of hydrogen-bond donors (Lipinski definition) is 2. The standard InChI is InChI=1S/C10H11F4NO.ClH/c11-9-4-6(3-7(15)5-16)1-2-8(9)10(12,13)14;/h1-2,4,7,16H,3,5,15H2;1H. The van der Waals surface area contributed by atoms with E-state index in [2.05, 4.69) is 0 Å². The molecule has 17 heavy (non-hydrogen) atoms. The van der Waals surface area contributed by atoms with E-state index in [0.29, 0.717) is 11.6 Å². The fourth-order valence-corrected chi connectivity index (χ4v) is 1.28. The minimum atomic E-state index is -4.69. The normalized spacial score (nSPS) is 13.1. The minimum Gasteiger partial charge on any atom is -0.395 e. The Hall–Kier alpha value is -0.850. The van der Waals surface area contributed by atoms with Gasteiger partial charge in [-0.15, -0.1) is 12.4 Å². The van der Waals surface area contributed by atoms with Crippen LogP contribution in [-0.2, 0) is 12.6 Å². The van der Waals surface area contributed by atoms with Crippen LogP contribution in [0, 0.1) is 5.82 Å². The maximum atomic E-state index is 13.1. The molecule has 0 saturated carbocycles. The van der Waals surface area contributed by atoms with E-state index in [1.54, 1.807) is 0 Å². The second-order valence-corrected chi connectivity index (χ2v) is 3.46. The van der Waals surface area contributed by atoms with E-state index in [-0.39, 0.29) is 25.4 Å². The van der Waals surface area contributed by atoms with Crippen molar-refractivity contribution < 1.29 is 22.7 Å². The molecule has 0 aromatic heterocycles. The van der Waals surface area contributed by atoms with Gasteiger partial charge >= 0.3 is 6.18 Å².